The van der Waals surface area contributed by atoms with Crippen LogP contribution in [0.15, 0.2) is 30.3 Å². The monoisotopic (exact) mass is 691 g/mol. The third-order valence-corrected chi connectivity index (χ3v) is 9.93. The number of thioether (sulfide) groups is 1. The minimum atomic E-state index is -0.679. The molecule has 1 rings (SSSR count). The molecule has 0 aliphatic heterocycles. The van der Waals surface area contributed by atoms with Gasteiger partial charge in [-0.3, -0.25) is 14.4 Å². The van der Waals surface area contributed by atoms with Crippen molar-refractivity contribution >= 4 is 29.6 Å². The van der Waals surface area contributed by atoms with E-state index in [0.717, 1.165) is 51.4 Å². The number of benzene rings is 1. The number of hydrogen-bond donors (Lipinski definition) is 2. The number of aryl methyl sites for hydroxylation is 1. The second kappa shape index (κ2) is 31.0. The second-order valence-corrected chi connectivity index (χ2v) is 14.6. The van der Waals surface area contributed by atoms with Crippen LogP contribution in [0, 0.1) is 0 Å². The summed E-state index contributed by atoms with van der Waals surface area (Å²) in [6, 6.07) is 9.54. The number of esters is 2. The number of hydrogen-bond acceptors (Lipinski definition) is 7. The van der Waals surface area contributed by atoms with E-state index in [2.05, 4.69) is 31.3 Å². The van der Waals surface area contributed by atoms with E-state index in [0.29, 0.717) is 24.3 Å². The molecule has 8 heteroatoms. The molecular formula is C40H70N2O5S. The molecule has 276 valence electrons. The van der Waals surface area contributed by atoms with Crippen LogP contribution in [0.2, 0.25) is 0 Å². The molecule has 1 aromatic carbocycles. The molecule has 0 aliphatic carbocycles. The fourth-order valence-corrected chi connectivity index (χ4v) is 6.60. The Balaban J connectivity index is 2.42. The Kier molecular flexibility index (Phi) is 28.4. The van der Waals surface area contributed by atoms with Crippen LogP contribution in [-0.2, 0) is 30.3 Å². The molecule has 1 aromatic rings. The molecule has 1 amide bonds. The lowest BCUT2D eigenvalue weighted by Gasteiger charge is -2.20. The molecule has 0 spiro atoms. The minimum Gasteiger partial charge on any atom is -0.462 e. The van der Waals surface area contributed by atoms with Crippen LogP contribution in [0.5, 0.6) is 0 Å². The topological polar surface area (TPSA) is 108 Å². The number of carbonyl (C=O) groups excluding carboxylic acids is 3. The van der Waals surface area contributed by atoms with Crippen molar-refractivity contribution in [3.05, 3.63) is 35.9 Å². The summed E-state index contributed by atoms with van der Waals surface area (Å²) < 4.78 is 11.3. The quantitative estimate of drug-likeness (QED) is 0.0573. The average Bonchev–Trinajstić information content (AvgIpc) is 3.08. The number of nitrogens with two attached hydrogens (primary N) is 1. The first kappa shape index (κ1) is 44.0. The number of ether oxygens (including phenoxy) is 2. The van der Waals surface area contributed by atoms with Crippen LogP contribution < -0.4 is 11.1 Å². The molecule has 0 saturated carbocycles. The second-order valence-electron chi connectivity index (χ2n) is 13.5. The molecule has 0 heterocycles. The predicted molar refractivity (Wildman–Crippen MR) is 202 cm³/mol. The molecule has 0 saturated heterocycles. The summed E-state index contributed by atoms with van der Waals surface area (Å²) in [5.41, 5.74) is 7.46. The molecule has 0 aliphatic rings. The third kappa shape index (κ3) is 25.9. The number of carbonyl (C=O) groups is 3. The van der Waals surface area contributed by atoms with Crippen molar-refractivity contribution in [2.45, 2.75) is 180 Å². The van der Waals surface area contributed by atoms with Crippen molar-refractivity contribution in [3.63, 3.8) is 0 Å². The molecule has 0 aromatic heterocycles. The highest BCUT2D eigenvalue weighted by atomic mass is 32.2. The van der Waals surface area contributed by atoms with E-state index in [4.69, 9.17) is 15.2 Å². The summed E-state index contributed by atoms with van der Waals surface area (Å²) in [7, 11) is 0. The predicted octanol–water partition coefficient (Wildman–Crippen LogP) is 9.48. The van der Waals surface area contributed by atoms with E-state index >= 15 is 0 Å². The zero-order chi connectivity index (χ0) is 35.1. The van der Waals surface area contributed by atoms with E-state index in [9.17, 15) is 14.4 Å². The van der Waals surface area contributed by atoms with Crippen molar-refractivity contribution in [2.24, 2.45) is 5.73 Å². The summed E-state index contributed by atoms with van der Waals surface area (Å²) in [6.07, 6.45) is 23.2. The van der Waals surface area contributed by atoms with Gasteiger partial charge in [-0.05, 0) is 38.2 Å². The highest BCUT2D eigenvalue weighted by Crippen LogP contribution is 2.15. The zero-order valence-corrected chi connectivity index (χ0v) is 31.6. The van der Waals surface area contributed by atoms with Crippen LogP contribution in [0.1, 0.15) is 161 Å². The fourth-order valence-electron chi connectivity index (χ4n) is 5.63. The lowest BCUT2D eigenvalue weighted by molar-refractivity contribution is -0.157. The van der Waals surface area contributed by atoms with Gasteiger partial charge >= 0.3 is 11.9 Å². The number of nitrogens with one attached hydrogen (secondary N) is 1. The Morgan fingerprint density at radius 3 is 1.75 bits per heavy atom. The lowest BCUT2D eigenvalue weighted by Crippen LogP contribution is -2.46. The van der Waals surface area contributed by atoms with Crippen LogP contribution >= 0.6 is 11.8 Å². The largest absolute Gasteiger partial charge is 0.462 e. The van der Waals surface area contributed by atoms with Crippen molar-refractivity contribution in [1.82, 2.24) is 5.32 Å². The molecular weight excluding hydrogens is 621 g/mol. The van der Waals surface area contributed by atoms with E-state index in [1.807, 2.05) is 25.1 Å². The van der Waals surface area contributed by atoms with Gasteiger partial charge in [0.25, 0.3) is 0 Å². The maximum absolute atomic E-state index is 12.7. The summed E-state index contributed by atoms with van der Waals surface area (Å²) in [5.74, 6) is 0.112. The first-order valence-electron chi connectivity index (χ1n) is 19.4. The molecule has 48 heavy (non-hydrogen) atoms. The van der Waals surface area contributed by atoms with Gasteiger partial charge in [-0.25, -0.2) is 0 Å². The first-order chi connectivity index (χ1) is 23.3. The number of unbranched alkanes of at least 4 members (excludes halogenated alkanes) is 16. The normalized spacial score (nSPS) is 13.1. The van der Waals surface area contributed by atoms with Crippen molar-refractivity contribution in [2.75, 3.05) is 18.1 Å². The van der Waals surface area contributed by atoms with Gasteiger partial charge in [0.15, 0.2) is 0 Å². The SMILES string of the molecule is CCCCCCCCCCCC(=O)OC[C@H](CSC[C@@H](N)C(=O)NC(C)CCc1ccccc1)OC(=O)CCCCCCCCCCC. The Morgan fingerprint density at radius 2 is 1.21 bits per heavy atom. The molecule has 7 nitrogen and oxygen atoms in total. The van der Waals surface area contributed by atoms with Crippen LogP contribution in [0.3, 0.4) is 0 Å². The molecule has 0 fully saturated rings. The van der Waals surface area contributed by atoms with Crippen molar-refractivity contribution in [3.8, 4) is 0 Å². The average molecular weight is 691 g/mol. The Bertz CT molecular complexity index is 931. The maximum Gasteiger partial charge on any atom is 0.306 e. The number of amides is 1. The smallest absolute Gasteiger partial charge is 0.306 e. The van der Waals surface area contributed by atoms with Gasteiger partial charge < -0.3 is 20.5 Å². The molecule has 1 unspecified atom stereocenters. The Morgan fingerprint density at radius 1 is 0.708 bits per heavy atom. The molecule has 0 radical (unpaired) electrons. The summed E-state index contributed by atoms with van der Waals surface area (Å²) >= 11 is 1.45. The molecule has 3 atom stereocenters. The summed E-state index contributed by atoms with van der Waals surface area (Å²) in [5, 5.41) is 3.02. The fraction of sp³-hybridized carbons (Fsp3) is 0.775. The van der Waals surface area contributed by atoms with Gasteiger partial charge in [0, 0.05) is 30.4 Å². The van der Waals surface area contributed by atoms with E-state index in [-0.39, 0.29) is 30.5 Å². The van der Waals surface area contributed by atoms with Gasteiger partial charge in [-0.2, -0.15) is 11.8 Å². The van der Waals surface area contributed by atoms with Crippen LogP contribution in [0.25, 0.3) is 0 Å². The zero-order valence-electron chi connectivity index (χ0n) is 30.8. The van der Waals surface area contributed by atoms with E-state index < -0.39 is 12.1 Å². The van der Waals surface area contributed by atoms with Crippen molar-refractivity contribution < 1.29 is 23.9 Å². The highest BCUT2D eigenvalue weighted by molar-refractivity contribution is 7.99. The van der Waals surface area contributed by atoms with E-state index in [1.54, 1.807) is 0 Å². The highest BCUT2D eigenvalue weighted by Gasteiger charge is 2.20. The minimum absolute atomic E-state index is 0.00808. The Hall–Kier alpha value is -2.06. The van der Waals surface area contributed by atoms with Gasteiger partial charge in [-0.15, -0.1) is 0 Å². The third-order valence-electron chi connectivity index (χ3n) is 8.73. The van der Waals surface area contributed by atoms with Gasteiger partial charge in [0.1, 0.15) is 12.7 Å². The summed E-state index contributed by atoms with van der Waals surface area (Å²) in [6.45, 7) is 6.49. The van der Waals surface area contributed by atoms with Gasteiger partial charge in [0.05, 0.1) is 6.04 Å². The molecule has 0 bridgehead atoms. The standard InChI is InChI=1S/C40H70N2O5S/c1-4-6-8-10-12-14-16-18-23-27-38(43)46-31-36(47-39(44)28-24-19-17-15-13-11-9-7-5-2)32-48-33-37(41)40(45)42-34(3)29-30-35-25-21-20-22-26-35/h20-22,25-26,34,36-37H,4-19,23-24,27-33,41H2,1-3H3,(H,42,45)/t34?,36-,37-/m1/s1. The van der Waals surface area contributed by atoms with Crippen LogP contribution in [0.4, 0.5) is 0 Å². The van der Waals surface area contributed by atoms with Gasteiger partial charge in [-0.1, -0.05) is 147 Å². The van der Waals surface area contributed by atoms with E-state index in [1.165, 1.54) is 94.4 Å². The lowest BCUT2D eigenvalue weighted by atomic mass is 10.1. The molecule has 3 N–H and O–H groups in total. The van der Waals surface area contributed by atoms with Crippen LogP contribution in [-0.4, -0.2) is 54.1 Å². The Labute approximate surface area is 298 Å². The number of rotatable bonds is 32. The van der Waals surface area contributed by atoms with Gasteiger partial charge in [0.2, 0.25) is 5.91 Å². The van der Waals surface area contributed by atoms with Crippen molar-refractivity contribution in [1.29, 1.82) is 0 Å². The maximum atomic E-state index is 12.7. The summed E-state index contributed by atoms with van der Waals surface area (Å²) in [4.78, 5) is 37.9. The first-order valence-corrected chi connectivity index (χ1v) is 20.5.